The molecule has 0 aliphatic rings. The summed E-state index contributed by atoms with van der Waals surface area (Å²) < 4.78 is 6.49. The Morgan fingerprint density at radius 2 is 0.684 bits per heavy atom. The van der Waals surface area contributed by atoms with Gasteiger partial charge in [0.05, 0.1) is 0 Å². The van der Waals surface area contributed by atoms with E-state index in [1.807, 2.05) is 12.1 Å². The Hall–Kier alpha value is -7.69. The monoisotopic (exact) mass is 727 g/mol. The quantitative estimate of drug-likeness (QED) is 0.171. The molecule has 0 aliphatic carbocycles. The molecule has 0 bridgehead atoms. The van der Waals surface area contributed by atoms with Crippen LogP contribution in [0.3, 0.4) is 0 Å². The number of nitrogens with zero attached hydrogens (tertiary/aromatic N) is 3. The van der Waals surface area contributed by atoms with E-state index >= 15 is 0 Å². The highest BCUT2D eigenvalue weighted by Gasteiger charge is 2.16. The predicted molar refractivity (Wildman–Crippen MR) is 235 cm³/mol. The molecule has 4 nitrogen and oxygen atoms in total. The van der Waals surface area contributed by atoms with E-state index in [0.29, 0.717) is 17.5 Å². The standard InChI is InChI=1S/C53H33N3O/c1-3-10-34(11-4-1)38-16-9-17-44(30-38)51-54-52(45-23-22-40-29-39(20-21-42(40)31-45)35-12-5-2-6-13-35)56-53(55-51)46-24-26-47-48-32-43(25-27-49(48)57-50(47)33-46)41-19-18-36-14-7-8-15-37(36)28-41/h1-33H. The summed E-state index contributed by atoms with van der Waals surface area (Å²) in [7, 11) is 0. The Bertz CT molecular complexity index is 3300. The molecule has 0 saturated heterocycles. The Kier molecular flexibility index (Phi) is 7.78. The van der Waals surface area contributed by atoms with E-state index in [2.05, 4.69) is 188 Å². The second-order valence-corrected chi connectivity index (χ2v) is 14.5. The smallest absolute Gasteiger partial charge is 0.164 e. The van der Waals surface area contributed by atoms with Gasteiger partial charge in [0.2, 0.25) is 0 Å². The molecule has 2 heterocycles. The minimum absolute atomic E-state index is 0.582. The molecule has 266 valence electrons. The topological polar surface area (TPSA) is 51.8 Å². The molecule has 0 aliphatic heterocycles. The van der Waals surface area contributed by atoms with Crippen LogP contribution in [0.15, 0.2) is 205 Å². The van der Waals surface area contributed by atoms with Crippen LogP contribution in [0.4, 0.5) is 0 Å². The minimum Gasteiger partial charge on any atom is -0.456 e. The van der Waals surface area contributed by atoms with Crippen molar-refractivity contribution in [3.05, 3.63) is 200 Å². The fourth-order valence-corrected chi connectivity index (χ4v) is 7.89. The van der Waals surface area contributed by atoms with E-state index in [-0.39, 0.29) is 0 Å². The highest BCUT2D eigenvalue weighted by atomic mass is 16.3. The molecule has 0 spiro atoms. The molecule has 0 N–H and O–H groups in total. The van der Waals surface area contributed by atoms with Crippen LogP contribution in [0.1, 0.15) is 0 Å². The molecule has 2 aromatic heterocycles. The zero-order chi connectivity index (χ0) is 37.7. The van der Waals surface area contributed by atoms with Crippen LogP contribution in [0.25, 0.3) is 111 Å². The first-order valence-electron chi connectivity index (χ1n) is 19.2. The third-order valence-electron chi connectivity index (χ3n) is 10.9. The van der Waals surface area contributed by atoms with Gasteiger partial charge in [0.1, 0.15) is 11.2 Å². The maximum Gasteiger partial charge on any atom is 0.164 e. The minimum atomic E-state index is 0.582. The lowest BCUT2D eigenvalue weighted by Gasteiger charge is -2.11. The third-order valence-corrected chi connectivity index (χ3v) is 10.9. The fraction of sp³-hybridized carbons (Fsp3) is 0. The molecule has 0 fully saturated rings. The summed E-state index contributed by atoms with van der Waals surface area (Å²) in [5.41, 5.74) is 11.3. The molecular weight excluding hydrogens is 695 g/mol. The number of hydrogen-bond acceptors (Lipinski definition) is 4. The molecule has 4 heteroatoms. The van der Waals surface area contributed by atoms with Crippen LogP contribution in [0.5, 0.6) is 0 Å². The molecule has 0 saturated carbocycles. The number of fused-ring (bicyclic) bond motifs is 5. The summed E-state index contributed by atoms with van der Waals surface area (Å²) in [6, 6.07) is 70.1. The summed E-state index contributed by atoms with van der Waals surface area (Å²) in [5.74, 6) is 1.80. The second-order valence-electron chi connectivity index (χ2n) is 14.5. The maximum atomic E-state index is 6.49. The van der Waals surface area contributed by atoms with Gasteiger partial charge in [-0.25, -0.2) is 15.0 Å². The van der Waals surface area contributed by atoms with Crippen molar-refractivity contribution in [3.8, 4) is 67.5 Å². The van der Waals surface area contributed by atoms with Crippen molar-refractivity contribution in [1.82, 2.24) is 15.0 Å². The first kappa shape index (κ1) is 32.7. The number of aromatic nitrogens is 3. The Labute approximate surface area is 329 Å². The van der Waals surface area contributed by atoms with Gasteiger partial charge in [0.25, 0.3) is 0 Å². The van der Waals surface area contributed by atoms with Crippen LogP contribution in [-0.4, -0.2) is 15.0 Å². The molecular formula is C53H33N3O. The predicted octanol–water partition coefficient (Wildman–Crippen LogP) is 14.1. The SMILES string of the molecule is c1ccc(-c2cccc(-c3nc(-c4ccc5cc(-c6ccccc6)ccc5c4)nc(-c4ccc5c(c4)oc4ccc(-c6ccc7ccccc7c6)cc45)n3)c2)cc1. The van der Waals surface area contributed by atoms with Gasteiger partial charge in [-0.05, 0) is 103 Å². The molecule has 0 radical (unpaired) electrons. The summed E-state index contributed by atoms with van der Waals surface area (Å²) in [6.45, 7) is 0. The van der Waals surface area contributed by atoms with E-state index in [0.717, 1.165) is 66.1 Å². The molecule has 0 unspecified atom stereocenters. The molecule has 57 heavy (non-hydrogen) atoms. The lowest BCUT2D eigenvalue weighted by Crippen LogP contribution is -2.00. The summed E-state index contributed by atoms with van der Waals surface area (Å²) >= 11 is 0. The largest absolute Gasteiger partial charge is 0.456 e. The van der Waals surface area contributed by atoms with E-state index in [1.165, 1.54) is 27.5 Å². The van der Waals surface area contributed by atoms with Crippen LogP contribution in [0.2, 0.25) is 0 Å². The van der Waals surface area contributed by atoms with Crippen molar-refractivity contribution in [2.45, 2.75) is 0 Å². The maximum absolute atomic E-state index is 6.49. The first-order valence-corrected chi connectivity index (χ1v) is 19.2. The molecule has 11 aromatic rings. The van der Waals surface area contributed by atoms with Gasteiger partial charge in [-0.2, -0.15) is 0 Å². The van der Waals surface area contributed by atoms with E-state index in [1.54, 1.807) is 0 Å². The lowest BCUT2D eigenvalue weighted by atomic mass is 9.99. The van der Waals surface area contributed by atoms with Crippen molar-refractivity contribution in [2.75, 3.05) is 0 Å². The summed E-state index contributed by atoms with van der Waals surface area (Å²) in [6.07, 6.45) is 0. The first-order chi connectivity index (χ1) is 28.2. The van der Waals surface area contributed by atoms with Crippen LogP contribution in [-0.2, 0) is 0 Å². The second kappa shape index (κ2) is 13.6. The van der Waals surface area contributed by atoms with Crippen LogP contribution < -0.4 is 0 Å². The van der Waals surface area contributed by atoms with E-state index in [9.17, 15) is 0 Å². The van der Waals surface area contributed by atoms with Gasteiger partial charge < -0.3 is 4.42 Å². The average molecular weight is 728 g/mol. The molecule has 0 atom stereocenters. The summed E-state index contributed by atoms with van der Waals surface area (Å²) in [5, 5.41) is 6.85. The van der Waals surface area contributed by atoms with Crippen molar-refractivity contribution in [3.63, 3.8) is 0 Å². The van der Waals surface area contributed by atoms with E-state index in [4.69, 9.17) is 19.4 Å². The highest BCUT2D eigenvalue weighted by molar-refractivity contribution is 6.07. The van der Waals surface area contributed by atoms with Crippen LogP contribution in [0, 0.1) is 0 Å². The third kappa shape index (κ3) is 6.10. The molecule has 9 aromatic carbocycles. The number of benzene rings is 9. The van der Waals surface area contributed by atoms with Gasteiger partial charge in [-0.1, -0.05) is 152 Å². The van der Waals surface area contributed by atoms with Gasteiger partial charge in [0, 0.05) is 27.5 Å². The normalized spacial score (nSPS) is 11.5. The molecule has 11 rings (SSSR count). The number of hydrogen-bond donors (Lipinski definition) is 0. The highest BCUT2D eigenvalue weighted by Crippen LogP contribution is 2.36. The average Bonchev–Trinajstić information content (AvgIpc) is 3.66. The van der Waals surface area contributed by atoms with E-state index < -0.39 is 0 Å². The fourth-order valence-electron chi connectivity index (χ4n) is 7.89. The zero-order valence-corrected chi connectivity index (χ0v) is 30.8. The number of furan rings is 1. The lowest BCUT2D eigenvalue weighted by molar-refractivity contribution is 0.669. The Morgan fingerprint density at radius 3 is 1.39 bits per heavy atom. The van der Waals surface area contributed by atoms with Crippen LogP contribution >= 0.6 is 0 Å². The van der Waals surface area contributed by atoms with Gasteiger partial charge in [0.15, 0.2) is 17.5 Å². The van der Waals surface area contributed by atoms with Crippen molar-refractivity contribution in [2.24, 2.45) is 0 Å². The van der Waals surface area contributed by atoms with Crippen molar-refractivity contribution < 1.29 is 4.42 Å². The number of rotatable bonds is 6. The zero-order valence-electron chi connectivity index (χ0n) is 30.8. The Balaban J connectivity index is 1.02. The van der Waals surface area contributed by atoms with Gasteiger partial charge in [-0.3, -0.25) is 0 Å². The van der Waals surface area contributed by atoms with Gasteiger partial charge in [-0.15, -0.1) is 0 Å². The Morgan fingerprint density at radius 1 is 0.246 bits per heavy atom. The van der Waals surface area contributed by atoms with Crippen molar-refractivity contribution in [1.29, 1.82) is 0 Å². The molecule has 0 amide bonds. The summed E-state index contributed by atoms with van der Waals surface area (Å²) in [4.78, 5) is 15.4. The van der Waals surface area contributed by atoms with Gasteiger partial charge >= 0.3 is 0 Å². The van der Waals surface area contributed by atoms with Crippen molar-refractivity contribution >= 4 is 43.5 Å².